The lowest BCUT2D eigenvalue weighted by Gasteiger charge is -2.09. The second-order valence-electron chi connectivity index (χ2n) is 4.69. The van der Waals surface area contributed by atoms with E-state index in [1.807, 2.05) is 22.9 Å². The van der Waals surface area contributed by atoms with Crippen LogP contribution in [0.4, 0.5) is 0 Å². The number of hydrogen-bond donors (Lipinski definition) is 1. The van der Waals surface area contributed by atoms with Gasteiger partial charge in [0.1, 0.15) is 12.2 Å². The number of nitrogens with one attached hydrogen (secondary N) is 1. The first-order valence-corrected chi connectivity index (χ1v) is 7.02. The first-order chi connectivity index (χ1) is 9.24. The van der Waals surface area contributed by atoms with Crippen LogP contribution in [0.25, 0.3) is 0 Å². The van der Waals surface area contributed by atoms with Crippen molar-refractivity contribution in [3.8, 4) is 0 Å². The van der Waals surface area contributed by atoms with Crippen molar-refractivity contribution in [2.24, 2.45) is 0 Å². The molecule has 19 heavy (non-hydrogen) atoms. The number of benzene rings is 1. The number of halogens is 2. The third-order valence-corrected chi connectivity index (χ3v) is 3.90. The van der Waals surface area contributed by atoms with Gasteiger partial charge in [-0.25, -0.2) is 9.67 Å². The highest BCUT2D eigenvalue weighted by atomic mass is 35.5. The van der Waals surface area contributed by atoms with Crippen LogP contribution in [0.15, 0.2) is 24.5 Å². The lowest BCUT2D eigenvalue weighted by Crippen LogP contribution is -2.19. The standard InChI is InChI=1S/C13H14Cl2N4/c14-11-2-1-3-12(15)10(11)7-19-13(17-8-18-19)6-16-9-4-5-9/h1-3,8-9,16H,4-7H2. The van der Waals surface area contributed by atoms with Crippen molar-refractivity contribution >= 4 is 23.2 Å². The molecule has 0 unspecified atom stereocenters. The number of nitrogens with zero attached hydrogens (tertiary/aromatic N) is 3. The maximum Gasteiger partial charge on any atom is 0.141 e. The van der Waals surface area contributed by atoms with Gasteiger partial charge in [0.25, 0.3) is 0 Å². The lowest BCUT2D eigenvalue weighted by atomic mass is 10.2. The van der Waals surface area contributed by atoms with Gasteiger partial charge in [-0.1, -0.05) is 29.3 Å². The molecule has 6 heteroatoms. The van der Waals surface area contributed by atoms with Gasteiger partial charge < -0.3 is 5.32 Å². The second kappa shape index (κ2) is 5.49. The van der Waals surface area contributed by atoms with E-state index in [1.165, 1.54) is 12.8 Å². The molecule has 0 bridgehead atoms. The maximum absolute atomic E-state index is 6.17. The minimum absolute atomic E-state index is 0.542. The van der Waals surface area contributed by atoms with Crippen molar-refractivity contribution in [2.45, 2.75) is 32.0 Å². The van der Waals surface area contributed by atoms with Gasteiger partial charge in [-0.3, -0.25) is 0 Å². The summed E-state index contributed by atoms with van der Waals surface area (Å²) >= 11 is 12.3. The molecule has 2 aromatic rings. The molecule has 0 saturated heterocycles. The molecule has 0 amide bonds. The Kier molecular flexibility index (Phi) is 3.73. The fourth-order valence-electron chi connectivity index (χ4n) is 1.91. The van der Waals surface area contributed by atoms with E-state index in [1.54, 1.807) is 6.33 Å². The van der Waals surface area contributed by atoms with E-state index in [4.69, 9.17) is 23.2 Å². The molecule has 1 fully saturated rings. The molecule has 0 atom stereocenters. The number of hydrogen-bond acceptors (Lipinski definition) is 3. The first kappa shape index (κ1) is 12.9. The van der Waals surface area contributed by atoms with Crippen molar-refractivity contribution in [2.75, 3.05) is 0 Å². The average molecular weight is 297 g/mol. The highest BCUT2D eigenvalue weighted by molar-refractivity contribution is 6.35. The summed E-state index contributed by atoms with van der Waals surface area (Å²) in [5.74, 6) is 0.905. The first-order valence-electron chi connectivity index (χ1n) is 6.27. The second-order valence-corrected chi connectivity index (χ2v) is 5.50. The number of aromatic nitrogens is 3. The van der Waals surface area contributed by atoms with Crippen LogP contribution < -0.4 is 5.32 Å². The Morgan fingerprint density at radius 3 is 2.68 bits per heavy atom. The summed E-state index contributed by atoms with van der Waals surface area (Å²) in [6, 6.07) is 6.16. The van der Waals surface area contributed by atoms with E-state index < -0.39 is 0 Å². The van der Waals surface area contributed by atoms with Crippen LogP contribution in [0.5, 0.6) is 0 Å². The minimum Gasteiger partial charge on any atom is -0.307 e. The summed E-state index contributed by atoms with van der Waals surface area (Å²) in [6.45, 7) is 1.27. The van der Waals surface area contributed by atoms with Crippen molar-refractivity contribution in [1.82, 2.24) is 20.1 Å². The summed E-state index contributed by atoms with van der Waals surface area (Å²) < 4.78 is 1.84. The third-order valence-electron chi connectivity index (χ3n) is 3.19. The average Bonchev–Trinajstić information content (AvgIpc) is 3.11. The molecule has 1 N–H and O–H groups in total. The van der Waals surface area contributed by atoms with Gasteiger partial charge in [0.15, 0.2) is 0 Å². The van der Waals surface area contributed by atoms with E-state index in [-0.39, 0.29) is 0 Å². The maximum atomic E-state index is 6.17. The molecule has 100 valence electrons. The molecule has 1 heterocycles. The zero-order valence-corrected chi connectivity index (χ0v) is 11.8. The minimum atomic E-state index is 0.542. The highest BCUT2D eigenvalue weighted by Gasteiger charge is 2.21. The van der Waals surface area contributed by atoms with E-state index >= 15 is 0 Å². The van der Waals surface area contributed by atoms with Crippen LogP contribution in [0.1, 0.15) is 24.2 Å². The third kappa shape index (κ3) is 3.08. The topological polar surface area (TPSA) is 42.7 Å². The van der Waals surface area contributed by atoms with E-state index in [0.717, 1.165) is 17.9 Å². The van der Waals surface area contributed by atoms with Crippen molar-refractivity contribution in [1.29, 1.82) is 0 Å². The van der Waals surface area contributed by atoms with E-state index in [2.05, 4.69) is 15.4 Å². The Morgan fingerprint density at radius 1 is 1.26 bits per heavy atom. The number of rotatable bonds is 5. The Labute approximate surface area is 121 Å². The molecule has 1 aromatic heterocycles. The summed E-state index contributed by atoms with van der Waals surface area (Å²) in [6.07, 6.45) is 4.07. The molecule has 0 radical (unpaired) electrons. The predicted molar refractivity (Wildman–Crippen MR) is 75.4 cm³/mol. The SMILES string of the molecule is Clc1cccc(Cl)c1Cn1ncnc1CNC1CC1. The van der Waals surface area contributed by atoms with Crippen molar-refractivity contribution in [3.63, 3.8) is 0 Å². The fourth-order valence-corrected chi connectivity index (χ4v) is 2.43. The van der Waals surface area contributed by atoms with Crippen LogP contribution >= 0.6 is 23.2 Å². The Morgan fingerprint density at radius 2 is 2.00 bits per heavy atom. The van der Waals surface area contributed by atoms with Gasteiger partial charge in [-0.2, -0.15) is 5.10 Å². The summed E-state index contributed by atoms with van der Waals surface area (Å²) in [5, 5.41) is 8.98. The summed E-state index contributed by atoms with van der Waals surface area (Å²) in [4.78, 5) is 4.27. The smallest absolute Gasteiger partial charge is 0.141 e. The zero-order valence-electron chi connectivity index (χ0n) is 10.3. The predicted octanol–water partition coefficient (Wildman–Crippen LogP) is 2.89. The Hall–Kier alpha value is -1.10. The summed E-state index contributed by atoms with van der Waals surface area (Å²) in [5.41, 5.74) is 0.879. The molecule has 1 aromatic carbocycles. The van der Waals surface area contributed by atoms with Gasteiger partial charge in [0.05, 0.1) is 13.1 Å². The van der Waals surface area contributed by atoms with E-state index in [9.17, 15) is 0 Å². The molecule has 4 nitrogen and oxygen atoms in total. The van der Waals surface area contributed by atoms with Gasteiger partial charge in [-0.05, 0) is 25.0 Å². The van der Waals surface area contributed by atoms with Crippen LogP contribution in [0, 0.1) is 0 Å². The fraction of sp³-hybridized carbons (Fsp3) is 0.385. The lowest BCUT2D eigenvalue weighted by molar-refractivity contribution is 0.583. The molecule has 1 saturated carbocycles. The van der Waals surface area contributed by atoms with Crippen molar-refractivity contribution < 1.29 is 0 Å². The van der Waals surface area contributed by atoms with Crippen LogP contribution in [-0.4, -0.2) is 20.8 Å². The molecular weight excluding hydrogens is 283 g/mol. The highest BCUT2D eigenvalue weighted by Crippen LogP contribution is 2.25. The molecule has 0 spiro atoms. The van der Waals surface area contributed by atoms with Gasteiger partial charge in [-0.15, -0.1) is 0 Å². The van der Waals surface area contributed by atoms with Crippen LogP contribution in [0.3, 0.4) is 0 Å². The monoisotopic (exact) mass is 296 g/mol. The van der Waals surface area contributed by atoms with Crippen molar-refractivity contribution in [3.05, 3.63) is 46.0 Å². The molecule has 1 aliphatic rings. The van der Waals surface area contributed by atoms with Gasteiger partial charge in [0, 0.05) is 21.7 Å². The molecule has 0 aliphatic heterocycles. The quantitative estimate of drug-likeness (QED) is 0.922. The Balaban J connectivity index is 1.77. The van der Waals surface area contributed by atoms with Crippen LogP contribution in [0.2, 0.25) is 10.0 Å². The van der Waals surface area contributed by atoms with Gasteiger partial charge >= 0.3 is 0 Å². The van der Waals surface area contributed by atoms with E-state index in [0.29, 0.717) is 22.6 Å². The molecular formula is C13H14Cl2N4. The largest absolute Gasteiger partial charge is 0.307 e. The van der Waals surface area contributed by atoms with Crippen LogP contribution in [-0.2, 0) is 13.1 Å². The molecule has 1 aliphatic carbocycles. The zero-order chi connectivity index (χ0) is 13.2. The summed E-state index contributed by atoms with van der Waals surface area (Å²) in [7, 11) is 0. The Bertz CT molecular complexity index is 558. The normalized spacial score (nSPS) is 14.8. The molecule has 3 rings (SSSR count). The van der Waals surface area contributed by atoms with Gasteiger partial charge in [0.2, 0.25) is 0 Å².